The lowest BCUT2D eigenvalue weighted by Gasteiger charge is -2.08. The summed E-state index contributed by atoms with van der Waals surface area (Å²) in [5.74, 6) is 3.18. The van der Waals surface area contributed by atoms with Crippen LogP contribution in [0.15, 0.2) is 28.9 Å². The number of halogens is 4. The van der Waals surface area contributed by atoms with E-state index in [4.69, 9.17) is 17.4 Å². The highest BCUT2D eigenvalue weighted by atomic mass is 79.9. The van der Waals surface area contributed by atoms with E-state index in [-0.39, 0.29) is 26.6 Å². The van der Waals surface area contributed by atoms with Crippen LogP contribution in [0.4, 0.5) is 20.3 Å². The molecule has 1 heterocycles. The highest BCUT2D eigenvalue weighted by Gasteiger charge is 2.14. The number of pyridine rings is 1. The van der Waals surface area contributed by atoms with Gasteiger partial charge in [0.2, 0.25) is 0 Å². The lowest BCUT2D eigenvalue weighted by Crippen LogP contribution is -2.15. The number of carbonyl (C=O) groups excluding carboxylic acids is 1. The molecule has 0 aliphatic heterocycles. The van der Waals surface area contributed by atoms with Gasteiger partial charge in [0, 0.05) is 12.3 Å². The second-order valence-electron chi connectivity index (χ2n) is 3.90. The summed E-state index contributed by atoms with van der Waals surface area (Å²) in [6.07, 6.45) is 1.20. The molecule has 0 atom stereocenters. The van der Waals surface area contributed by atoms with Crippen molar-refractivity contribution in [1.29, 1.82) is 0 Å². The molecule has 0 unspecified atom stereocenters. The number of anilines is 2. The second-order valence-corrected chi connectivity index (χ2v) is 5.16. The zero-order chi connectivity index (χ0) is 15.6. The average Bonchev–Trinajstić information content (AvgIpc) is 2.44. The summed E-state index contributed by atoms with van der Waals surface area (Å²) >= 11 is 8.67. The van der Waals surface area contributed by atoms with E-state index < -0.39 is 17.5 Å². The first kappa shape index (κ1) is 15.6. The van der Waals surface area contributed by atoms with Crippen molar-refractivity contribution in [2.24, 2.45) is 5.84 Å². The Kier molecular flexibility index (Phi) is 4.71. The molecule has 0 aliphatic rings. The Morgan fingerprint density at radius 2 is 2.00 bits per heavy atom. The Labute approximate surface area is 131 Å². The minimum atomic E-state index is -0.782. The van der Waals surface area contributed by atoms with Gasteiger partial charge in [-0.05, 0) is 28.1 Å². The first-order valence-electron chi connectivity index (χ1n) is 5.50. The number of nitrogen functional groups attached to an aromatic ring is 1. The Hall–Kier alpha value is -1.77. The summed E-state index contributed by atoms with van der Waals surface area (Å²) in [4.78, 5) is 15.8. The largest absolute Gasteiger partial charge is 0.319 e. The number of carbonyl (C=O) groups is 1. The van der Waals surface area contributed by atoms with Crippen LogP contribution in [-0.4, -0.2) is 10.9 Å². The van der Waals surface area contributed by atoms with E-state index in [1.54, 1.807) is 0 Å². The molecule has 9 heteroatoms. The highest BCUT2D eigenvalue weighted by Crippen LogP contribution is 2.24. The van der Waals surface area contributed by atoms with Gasteiger partial charge in [0.15, 0.2) is 5.82 Å². The van der Waals surface area contributed by atoms with Crippen molar-refractivity contribution in [3.8, 4) is 0 Å². The molecule has 21 heavy (non-hydrogen) atoms. The molecule has 4 N–H and O–H groups in total. The van der Waals surface area contributed by atoms with Crippen molar-refractivity contribution in [2.75, 3.05) is 10.7 Å². The number of hydrogen-bond donors (Lipinski definition) is 3. The maximum atomic E-state index is 13.6. The van der Waals surface area contributed by atoms with Gasteiger partial charge in [0.25, 0.3) is 5.91 Å². The summed E-state index contributed by atoms with van der Waals surface area (Å²) in [5, 5.41) is 2.35. The molecule has 1 aromatic heterocycles. The van der Waals surface area contributed by atoms with Gasteiger partial charge >= 0.3 is 0 Å². The molecule has 0 spiro atoms. The molecule has 2 rings (SSSR count). The first-order valence-corrected chi connectivity index (χ1v) is 6.67. The zero-order valence-electron chi connectivity index (χ0n) is 10.3. The predicted octanol–water partition coefficient (Wildman–Crippen LogP) is 3.31. The van der Waals surface area contributed by atoms with Crippen LogP contribution in [0.25, 0.3) is 0 Å². The fraction of sp³-hybridized carbons (Fsp3) is 0. The summed E-state index contributed by atoms with van der Waals surface area (Å²) in [6, 6.07) is 3.08. The third-order valence-electron chi connectivity index (χ3n) is 2.50. The van der Waals surface area contributed by atoms with E-state index in [0.717, 1.165) is 12.1 Å². The maximum absolute atomic E-state index is 13.6. The predicted molar refractivity (Wildman–Crippen MR) is 79.1 cm³/mol. The lowest BCUT2D eigenvalue weighted by molar-refractivity contribution is 0.102. The second kappa shape index (κ2) is 6.33. The van der Waals surface area contributed by atoms with E-state index in [2.05, 4.69) is 31.7 Å². The Morgan fingerprint density at radius 3 is 2.62 bits per heavy atom. The highest BCUT2D eigenvalue weighted by molar-refractivity contribution is 9.10. The molecule has 1 aromatic carbocycles. The summed E-state index contributed by atoms with van der Waals surface area (Å²) in [7, 11) is 0. The van der Waals surface area contributed by atoms with Crippen LogP contribution >= 0.6 is 27.5 Å². The monoisotopic (exact) mass is 376 g/mol. The normalized spacial score (nSPS) is 10.3. The number of aromatic nitrogens is 1. The van der Waals surface area contributed by atoms with Crippen LogP contribution in [0, 0.1) is 11.6 Å². The third-order valence-corrected chi connectivity index (χ3v) is 3.39. The van der Waals surface area contributed by atoms with Crippen molar-refractivity contribution in [1.82, 2.24) is 4.98 Å². The average molecular weight is 378 g/mol. The van der Waals surface area contributed by atoms with Gasteiger partial charge in [-0.3, -0.25) is 4.79 Å². The number of hydrogen-bond acceptors (Lipinski definition) is 4. The summed E-state index contributed by atoms with van der Waals surface area (Å²) < 4.78 is 26.9. The number of nitrogens with two attached hydrogens (primary N) is 1. The molecule has 2 aromatic rings. The van der Waals surface area contributed by atoms with Crippen molar-refractivity contribution < 1.29 is 13.6 Å². The molecule has 110 valence electrons. The molecule has 1 amide bonds. The van der Waals surface area contributed by atoms with E-state index in [1.165, 1.54) is 12.3 Å². The van der Waals surface area contributed by atoms with E-state index >= 15 is 0 Å². The molecular formula is C12H8BrClF2N4O. The molecule has 0 bridgehead atoms. The van der Waals surface area contributed by atoms with Crippen LogP contribution < -0.4 is 16.6 Å². The van der Waals surface area contributed by atoms with E-state index in [0.29, 0.717) is 0 Å². The Morgan fingerprint density at radius 1 is 1.29 bits per heavy atom. The van der Waals surface area contributed by atoms with Gasteiger partial charge in [0.1, 0.15) is 11.6 Å². The molecule has 0 fully saturated rings. The quantitative estimate of drug-likeness (QED) is 0.435. The van der Waals surface area contributed by atoms with Gasteiger partial charge in [-0.25, -0.2) is 19.6 Å². The van der Waals surface area contributed by atoms with Crippen LogP contribution in [0.1, 0.15) is 10.4 Å². The fourth-order valence-corrected chi connectivity index (χ4v) is 2.02. The van der Waals surface area contributed by atoms with Crippen molar-refractivity contribution in [2.45, 2.75) is 0 Å². The van der Waals surface area contributed by atoms with Crippen LogP contribution in [-0.2, 0) is 0 Å². The van der Waals surface area contributed by atoms with Gasteiger partial charge < -0.3 is 10.7 Å². The van der Waals surface area contributed by atoms with E-state index in [9.17, 15) is 13.6 Å². The molecule has 0 saturated carbocycles. The minimum Gasteiger partial charge on any atom is -0.319 e. The van der Waals surface area contributed by atoms with Crippen LogP contribution in [0.3, 0.4) is 0 Å². The molecule has 5 nitrogen and oxygen atoms in total. The fourth-order valence-electron chi connectivity index (χ4n) is 1.48. The zero-order valence-corrected chi connectivity index (χ0v) is 12.6. The minimum absolute atomic E-state index is 0.0407. The Bertz CT molecular complexity index is 714. The van der Waals surface area contributed by atoms with Gasteiger partial charge in [0.05, 0.1) is 20.7 Å². The van der Waals surface area contributed by atoms with Gasteiger partial charge in [-0.15, -0.1) is 0 Å². The van der Waals surface area contributed by atoms with Crippen molar-refractivity contribution in [3.63, 3.8) is 0 Å². The lowest BCUT2D eigenvalue weighted by atomic mass is 10.2. The number of nitrogens with one attached hydrogen (secondary N) is 2. The first-order chi connectivity index (χ1) is 9.92. The molecule has 0 aliphatic carbocycles. The number of rotatable bonds is 3. The summed E-state index contributed by atoms with van der Waals surface area (Å²) in [5.41, 5.74) is 2.02. The molecular weight excluding hydrogens is 370 g/mol. The van der Waals surface area contributed by atoms with Gasteiger partial charge in [-0.1, -0.05) is 11.6 Å². The maximum Gasteiger partial charge on any atom is 0.257 e. The smallest absolute Gasteiger partial charge is 0.257 e. The topological polar surface area (TPSA) is 80.0 Å². The molecule has 0 radical (unpaired) electrons. The molecule has 0 saturated heterocycles. The van der Waals surface area contributed by atoms with Crippen molar-refractivity contribution >= 4 is 44.9 Å². The number of amides is 1. The third kappa shape index (κ3) is 3.46. The van der Waals surface area contributed by atoms with Crippen molar-refractivity contribution in [3.05, 3.63) is 51.1 Å². The van der Waals surface area contributed by atoms with Crippen LogP contribution in [0.2, 0.25) is 5.02 Å². The number of benzene rings is 1. The number of nitrogens with zero attached hydrogens (tertiary/aromatic N) is 1. The van der Waals surface area contributed by atoms with E-state index in [1.807, 2.05) is 0 Å². The van der Waals surface area contributed by atoms with Crippen LogP contribution in [0.5, 0.6) is 0 Å². The Balaban J connectivity index is 2.26. The SMILES string of the molecule is NNc1ncc(C(=O)Nc2cc(F)c(Br)cc2F)cc1Cl. The standard InChI is InChI=1S/C12H8BrClF2N4O/c13-6-2-9(16)10(3-8(6)15)19-12(21)5-1-7(14)11(20-17)18-4-5/h1-4H,17H2,(H,18,20)(H,19,21). The summed E-state index contributed by atoms with van der Waals surface area (Å²) in [6.45, 7) is 0. The van der Waals surface area contributed by atoms with Gasteiger partial charge in [-0.2, -0.15) is 0 Å². The number of hydrazine groups is 1.